The number of aliphatic carboxylic acids is 1. The molecule has 0 saturated heterocycles. The number of carboxylic acid groups (broad SMARTS) is 1. The summed E-state index contributed by atoms with van der Waals surface area (Å²) >= 11 is 0. The molecule has 0 aliphatic heterocycles. The Morgan fingerprint density at radius 2 is 2.10 bits per heavy atom. The quantitative estimate of drug-likeness (QED) is 0.758. The summed E-state index contributed by atoms with van der Waals surface area (Å²) in [6.07, 6.45) is 3.01. The summed E-state index contributed by atoms with van der Waals surface area (Å²) in [6.45, 7) is 3.93. The first-order chi connectivity index (χ1) is 9.28. The number of benzene rings is 1. The number of carbonyl (C=O) groups is 1. The fourth-order valence-corrected chi connectivity index (χ4v) is 2.86. The number of anilines is 1. The molecule has 0 saturated carbocycles. The van der Waals surface area contributed by atoms with Gasteiger partial charge in [0.25, 0.3) is 0 Å². The van der Waals surface area contributed by atoms with Crippen LogP contribution in [-0.2, 0) is 14.8 Å². The molecule has 0 aliphatic carbocycles. The summed E-state index contributed by atoms with van der Waals surface area (Å²) in [5, 5.41) is 8.55. The molecule has 6 heteroatoms. The van der Waals surface area contributed by atoms with Crippen molar-refractivity contribution in [2.75, 3.05) is 10.5 Å². The van der Waals surface area contributed by atoms with Gasteiger partial charge in [-0.3, -0.25) is 4.72 Å². The predicted octanol–water partition coefficient (Wildman–Crippen LogP) is 2.57. The SMILES string of the molecule is CC(C)CCS(=O)(=O)Nc1cccc(/C=C/C(=O)O)c1. The van der Waals surface area contributed by atoms with Crippen LogP contribution in [0.5, 0.6) is 0 Å². The van der Waals surface area contributed by atoms with E-state index in [0.29, 0.717) is 23.6 Å². The van der Waals surface area contributed by atoms with Crippen LogP contribution in [0.15, 0.2) is 30.3 Å². The van der Waals surface area contributed by atoms with Crippen LogP contribution in [0.1, 0.15) is 25.8 Å². The van der Waals surface area contributed by atoms with Gasteiger partial charge in [0.05, 0.1) is 5.75 Å². The molecule has 2 N–H and O–H groups in total. The first-order valence-corrected chi connectivity index (χ1v) is 7.95. The molecular formula is C14H19NO4S. The Hall–Kier alpha value is -1.82. The lowest BCUT2D eigenvalue weighted by atomic mass is 10.2. The van der Waals surface area contributed by atoms with Crippen molar-refractivity contribution in [2.24, 2.45) is 5.92 Å². The van der Waals surface area contributed by atoms with Gasteiger partial charge in [-0.15, -0.1) is 0 Å². The lowest BCUT2D eigenvalue weighted by molar-refractivity contribution is -0.131. The van der Waals surface area contributed by atoms with E-state index in [1.807, 2.05) is 13.8 Å². The third kappa shape index (κ3) is 6.38. The minimum absolute atomic E-state index is 0.0693. The normalized spacial score (nSPS) is 11.9. The van der Waals surface area contributed by atoms with Crippen molar-refractivity contribution in [1.29, 1.82) is 0 Å². The smallest absolute Gasteiger partial charge is 0.328 e. The Morgan fingerprint density at radius 3 is 2.70 bits per heavy atom. The highest BCUT2D eigenvalue weighted by Gasteiger charge is 2.11. The van der Waals surface area contributed by atoms with Gasteiger partial charge in [0.15, 0.2) is 0 Å². The van der Waals surface area contributed by atoms with Gasteiger partial charge in [-0.2, -0.15) is 0 Å². The van der Waals surface area contributed by atoms with Crippen molar-refractivity contribution in [3.8, 4) is 0 Å². The molecular weight excluding hydrogens is 278 g/mol. The molecule has 0 aromatic heterocycles. The molecule has 0 bridgehead atoms. The van der Waals surface area contributed by atoms with E-state index in [-0.39, 0.29) is 5.75 Å². The monoisotopic (exact) mass is 297 g/mol. The highest BCUT2D eigenvalue weighted by molar-refractivity contribution is 7.92. The van der Waals surface area contributed by atoms with Gasteiger partial charge in [0.2, 0.25) is 10.0 Å². The first kappa shape index (κ1) is 16.2. The summed E-state index contributed by atoms with van der Waals surface area (Å²) < 4.78 is 26.2. The second kappa shape index (κ2) is 7.09. The van der Waals surface area contributed by atoms with Gasteiger partial charge in [-0.05, 0) is 36.1 Å². The molecule has 5 nitrogen and oxygen atoms in total. The Balaban J connectivity index is 2.78. The number of hydrogen-bond donors (Lipinski definition) is 2. The second-order valence-corrected chi connectivity index (χ2v) is 6.74. The van der Waals surface area contributed by atoms with Crippen LogP contribution in [0.4, 0.5) is 5.69 Å². The molecule has 0 unspecified atom stereocenters. The van der Waals surface area contributed by atoms with Crippen molar-refractivity contribution in [3.05, 3.63) is 35.9 Å². The van der Waals surface area contributed by atoms with Crippen molar-refractivity contribution < 1.29 is 18.3 Å². The van der Waals surface area contributed by atoms with Crippen LogP contribution in [0.25, 0.3) is 6.08 Å². The zero-order chi connectivity index (χ0) is 15.2. The lowest BCUT2D eigenvalue weighted by Gasteiger charge is -2.09. The topological polar surface area (TPSA) is 83.5 Å². The van der Waals surface area contributed by atoms with Crippen LogP contribution in [0.3, 0.4) is 0 Å². The second-order valence-electron chi connectivity index (χ2n) is 4.90. The summed E-state index contributed by atoms with van der Waals surface area (Å²) in [6, 6.07) is 6.59. The molecule has 0 aliphatic rings. The third-order valence-corrected chi connectivity index (χ3v) is 3.86. The van der Waals surface area contributed by atoms with Gasteiger partial charge in [0.1, 0.15) is 0 Å². The number of sulfonamides is 1. The van der Waals surface area contributed by atoms with E-state index < -0.39 is 16.0 Å². The van der Waals surface area contributed by atoms with Crippen LogP contribution in [0.2, 0.25) is 0 Å². The Kier molecular flexibility index (Phi) is 5.76. The zero-order valence-electron chi connectivity index (χ0n) is 11.5. The van der Waals surface area contributed by atoms with E-state index in [1.54, 1.807) is 24.3 Å². The van der Waals surface area contributed by atoms with Gasteiger partial charge in [0, 0.05) is 11.8 Å². The maximum absolute atomic E-state index is 11.9. The molecule has 0 amide bonds. The maximum Gasteiger partial charge on any atom is 0.328 e. The molecule has 0 atom stereocenters. The molecule has 0 fully saturated rings. The highest BCUT2D eigenvalue weighted by Crippen LogP contribution is 2.14. The first-order valence-electron chi connectivity index (χ1n) is 6.30. The number of hydrogen-bond acceptors (Lipinski definition) is 3. The van der Waals surface area contributed by atoms with E-state index >= 15 is 0 Å². The maximum atomic E-state index is 11.9. The summed E-state index contributed by atoms with van der Waals surface area (Å²) in [7, 11) is -3.37. The van der Waals surface area contributed by atoms with Gasteiger partial charge in [-0.25, -0.2) is 13.2 Å². The highest BCUT2D eigenvalue weighted by atomic mass is 32.2. The summed E-state index contributed by atoms with van der Waals surface area (Å²) in [5.41, 5.74) is 1.05. The van der Waals surface area contributed by atoms with Gasteiger partial charge < -0.3 is 5.11 Å². The van der Waals surface area contributed by atoms with Crippen molar-refractivity contribution in [2.45, 2.75) is 20.3 Å². The fourth-order valence-electron chi connectivity index (χ4n) is 1.49. The van der Waals surface area contributed by atoms with Crippen molar-refractivity contribution in [1.82, 2.24) is 0 Å². The largest absolute Gasteiger partial charge is 0.478 e. The zero-order valence-corrected chi connectivity index (χ0v) is 12.4. The number of nitrogens with one attached hydrogen (secondary N) is 1. The minimum Gasteiger partial charge on any atom is -0.478 e. The lowest BCUT2D eigenvalue weighted by Crippen LogP contribution is -2.17. The van der Waals surface area contributed by atoms with Gasteiger partial charge in [-0.1, -0.05) is 26.0 Å². The molecule has 1 aromatic carbocycles. The van der Waals surface area contributed by atoms with Crippen molar-refractivity contribution in [3.63, 3.8) is 0 Å². The average Bonchev–Trinajstić information content (AvgIpc) is 2.34. The molecule has 1 rings (SSSR count). The van der Waals surface area contributed by atoms with Crippen LogP contribution in [-0.4, -0.2) is 25.2 Å². The molecule has 0 spiro atoms. The molecule has 0 heterocycles. The van der Waals surface area contributed by atoms with E-state index in [9.17, 15) is 13.2 Å². The Bertz CT molecular complexity index is 591. The Labute approximate surface area is 119 Å². The standard InChI is InChI=1S/C14H19NO4S/c1-11(2)8-9-20(18,19)15-13-5-3-4-12(10-13)6-7-14(16)17/h3-7,10-11,15H,8-9H2,1-2H3,(H,16,17)/b7-6+. The van der Waals surface area contributed by atoms with E-state index in [4.69, 9.17) is 5.11 Å². The average molecular weight is 297 g/mol. The molecule has 110 valence electrons. The predicted molar refractivity (Wildman–Crippen MR) is 80.0 cm³/mol. The van der Waals surface area contributed by atoms with E-state index in [0.717, 1.165) is 6.08 Å². The molecule has 1 aromatic rings. The fraction of sp³-hybridized carbons (Fsp3) is 0.357. The van der Waals surface area contributed by atoms with E-state index in [2.05, 4.69) is 4.72 Å². The number of carboxylic acids is 1. The van der Waals surface area contributed by atoms with E-state index in [1.165, 1.54) is 6.08 Å². The number of rotatable bonds is 7. The molecule has 0 radical (unpaired) electrons. The minimum atomic E-state index is -3.37. The van der Waals surface area contributed by atoms with Crippen LogP contribution >= 0.6 is 0 Å². The van der Waals surface area contributed by atoms with Gasteiger partial charge >= 0.3 is 5.97 Å². The molecule has 20 heavy (non-hydrogen) atoms. The van der Waals surface area contributed by atoms with Crippen LogP contribution in [0, 0.1) is 5.92 Å². The van der Waals surface area contributed by atoms with Crippen molar-refractivity contribution >= 4 is 27.8 Å². The summed E-state index contributed by atoms with van der Waals surface area (Å²) in [4.78, 5) is 10.4. The summed E-state index contributed by atoms with van der Waals surface area (Å²) in [5.74, 6) is -0.663. The van der Waals surface area contributed by atoms with Crippen LogP contribution < -0.4 is 4.72 Å². The Morgan fingerprint density at radius 1 is 1.40 bits per heavy atom. The third-order valence-electron chi connectivity index (χ3n) is 2.54.